The summed E-state index contributed by atoms with van der Waals surface area (Å²) in [5.74, 6) is -0.451. The lowest BCUT2D eigenvalue weighted by Gasteiger charge is -2.13. The number of aliphatic hydroxyl groups excluding tert-OH is 1. The lowest BCUT2D eigenvalue weighted by Crippen LogP contribution is -2.20. The molecule has 7 rings (SSSR count). The van der Waals surface area contributed by atoms with E-state index in [2.05, 4.69) is 40.4 Å². The van der Waals surface area contributed by atoms with Gasteiger partial charge in [-0.05, 0) is 31.0 Å². The van der Waals surface area contributed by atoms with E-state index >= 15 is 4.39 Å². The molecule has 6 aromatic rings. The van der Waals surface area contributed by atoms with Gasteiger partial charge in [0.2, 0.25) is 0 Å². The van der Waals surface area contributed by atoms with Gasteiger partial charge in [-0.1, -0.05) is 18.2 Å². The summed E-state index contributed by atoms with van der Waals surface area (Å²) in [6.45, 7) is 0. The van der Waals surface area contributed by atoms with E-state index in [-0.39, 0.29) is 39.9 Å². The molecule has 5 heterocycles. The molecule has 0 spiro atoms. The van der Waals surface area contributed by atoms with Crippen LogP contribution in [0.25, 0.3) is 56.0 Å². The van der Waals surface area contributed by atoms with Crippen LogP contribution in [0.1, 0.15) is 12.8 Å². The van der Waals surface area contributed by atoms with Gasteiger partial charge in [0.15, 0.2) is 17.1 Å². The first-order valence-electron chi connectivity index (χ1n) is 12.1. The van der Waals surface area contributed by atoms with E-state index in [4.69, 9.17) is 0 Å². The number of nitrogens with one attached hydrogen (secondary N) is 3. The minimum atomic E-state index is -0.672. The average molecular weight is 511 g/mol. The maximum atomic E-state index is 16.0. The van der Waals surface area contributed by atoms with E-state index in [9.17, 15) is 9.50 Å². The van der Waals surface area contributed by atoms with Crippen LogP contribution in [-0.4, -0.2) is 46.5 Å². The van der Waals surface area contributed by atoms with Crippen molar-refractivity contribution in [1.29, 1.82) is 0 Å². The molecule has 1 aliphatic carbocycles. The average Bonchev–Trinajstić information content (AvgIpc) is 3.54. The molecule has 11 heteroatoms. The van der Waals surface area contributed by atoms with Gasteiger partial charge in [-0.2, -0.15) is 5.10 Å². The van der Waals surface area contributed by atoms with Crippen LogP contribution < -0.4 is 5.32 Å². The van der Waals surface area contributed by atoms with Gasteiger partial charge in [0, 0.05) is 46.8 Å². The molecule has 0 amide bonds. The number of rotatable bonds is 6. The van der Waals surface area contributed by atoms with Gasteiger partial charge < -0.3 is 15.4 Å². The van der Waals surface area contributed by atoms with Crippen molar-refractivity contribution in [2.24, 2.45) is 5.92 Å². The first-order valence-corrected chi connectivity index (χ1v) is 12.1. The molecule has 5 aromatic heterocycles. The van der Waals surface area contributed by atoms with Gasteiger partial charge in [0.25, 0.3) is 0 Å². The highest BCUT2D eigenvalue weighted by Gasteiger charge is 2.30. The Bertz CT molecular complexity index is 1830. The van der Waals surface area contributed by atoms with Crippen LogP contribution in [0.4, 0.5) is 14.5 Å². The molecule has 188 valence electrons. The predicted octanol–water partition coefficient (Wildman–Crippen LogP) is 5.04. The Hall–Kier alpha value is -4.77. The summed E-state index contributed by atoms with van der Waals surface area (Å²) < 4.78 is 30.5. The second-order valence-electron chi connectivity index (χ2n) is 9.29. The number of aromatic nitrogens is 7. The van der Waals surface area contributed by atoms with Gasteiger partial charge in [-0.15, -0.1) is 0 Å². The number of aliphatic hydroxyl groups is 1. The zero-order valence-corrected chi connectivity index (χ0v) is 19.8. The van der Waals surface area contributed by atoms with E-state index in [1.54, 1.807) is 42.7 Å². The Balaban J connectivity index is 1.32. The molecule has 1 aliphatic rings. The SMILES string of the molecule is OC(Nc1cncc(-c2cnc3[nH]nc(-c4nc5c(-c6ccccc6F)ccnc5[nH]4)c3c2F)c1)C1CC1. The number of nitrogens with zero attached hydrogens (tertiary/aromatic N) is 5. The number of aromatic amines is 2. The topological polar surface area (TPSA) is 128 Å². The number of hydrogen-bond acceptors (Lipinski definition) is 7. The molecular weight excluding hydrogens is 490 g/mol. The van der Waals surface area contributed by atoms with E-state index in [1.807, 2.05) is 0 Å². The fraction of sp³-hybridized carbons (Fsp3) is 0.148. The maximum absolute atomic E-state index is 16.0. The molecule has 4 N–H and O–H groups in total. The highest BCUT2D eigenvalue weighted by atomic mass is 19.1. The third-order valence-electron chi connectivity index (χ3n) is 6.73. The molecule has 0 saturated heterocycles. The summed E-state index contributed by atoms with van der Waals surface area (Å²) in [7, 11) is 0. The minimum absolute atomic E-state index is 0.144. The number of imidazole rings is 1. The van der Waals surface area contributed by atoms with Crippen LogP contribution in [0, 0.1) is 17.6 Å². The summed E-state index contributed by atoms with van der Waals surface area (Å²) in [5.41, 5.74) is 3.54. The Morgan fingerprint density at radius 2 is 1.84 bits per heavy atom. The minimum Gasteiger partial charge on any atom is -0.374 e. The summed E-state index contributed by atoms with van der Waals surface area (Å²) in [6.07, 6.45) is 7.35. The maximum Gasteiger partial charge on any atom is 0.161 e. The molecule has 38 heavy (non-hydrogen) atoms. The van der Waals surface area contributed by atoms with Gasteiger partial charge in [0.1, 0.15) is 29.1 Å². The highest BCUT2D eigenvalue weighted by Crippen LogP contribution is 2.36. The lowest BCUT2D eigenvalue weighted by atomic mass is 10.1. The Morgan fingerprint density at radius 1 is 0.974 bits per heavy atom. The summed E-state index contributed by atoms with van der Waals surface area (Å²) >= 11 is 0. The fourth-order valence-corrected chi connectivity index (χ4v) is 4.61. The second kappa shape index (κ2) is 8.67. The van der Waals surface area contributed by atoms with Crippen molar-refractivity contribution in [3.8, 4) is 33.8 Å². The number of benzene rings is 1. The number of fused-ring (bicyclic) bond motifs is 2. The Labute approximate surface area is 214 Å². The molecule has 1 saturated carbocycles. The summed E-state index contributed by atoms with van der Waals surface area (Å²) in [5, 5.41) is 20.4. The van der Waals surface area contributed by atoms with Crippen molar-refractivity contribution in [3.63, 3.8) is 0 Å². The highest BCUT2D eigenvalue weighted by molar-refractivity contribution is 5.96. The van der Waals surface area contributed by atoms with Crippen molar-refractivity contribution in [2.75, 3.05) is 5.32 Å². The van der Waals surface area contributed by atoms with E-state index in [1.165, 1.54) is 18.5 Å². The fourth-order valence-electron chi connectivity index (χ4n) is 4.61. The zero-order chi connectivity index (χ0) is 25.8. The van der Waals surface area contributed by atoms with Gasteiger partial charge in [-0.3, -0.25) is 10.1 Å². The molecule has 0 aliphatic heterocycles. The van der Waals surface area contributed by atoms with Gasteiger partial charge >= 0.3 is 0 Å². The summed E-state index contributed by atoms with van der Waals surface area (Å²) in [6, 6.07) is 9.81. The van der Waals surface area contributed by atoms with E-state index < -0.39 is 12.0 Å². The smallest absolute Gasteiger partial charge is 0.161 e. The number of hydrogen-bond donors (Lipinski definition) is 4. The number of anilines is 1. The Kier molecular flexibility index (Phi) is 5.11. The van der Waals surface area contributed by atoms with Crippen molar-refractivity contribution in [2.45, 2.75) is 19.1 Å². The normalized spacial score (nSPS) is 14.3. The van der Waals surface area contributed by atoms with Gasteiger partial charge in [0.05, 0.1) is 17.3 Å². The predicted molar refractivity (Wildman–Crippen MR) is 138 cm³/mol. The van der Waals surface area contributed by atoms with Crippen molar-refractivity contribution < 1.29 is 13.9 Å². The van der Waals surface area contributed by atoms with Crippen LogP contribution in [0.3, 0.4) is 0 Å². The van der Waals surface area contributed by atoms with Crippen molar-refractivity contribution >= 4 is 27.9 Å². The number of pyridine rings is 3. The molecule has 9 nitrogen and oxygen atoms in total. The van der Waals surface area contributed by atoms with Crippen molar-refractivity contribution in [3.05, 3.63) is 72.8 Å². The monoisotopic (exact) mass is 510 g/mol. The first-order chi connectivity index (χ1) is 18.6. The lowest BCUT2D eigenvalue weighted by molar-refractivity contribution is 0.180. The molecule has 1 unspecified atom stereocenters. The van der Waals surface area contributed by atoms with E-state index in [0.29, 0.717) is 33.5 Å². The van der Waals surface area contributed by atoms with Crippen molar-refractivity contribution in [1.82, 2.24) is 35.1 Å². The molecule has 1 aromatic carbocycles. The number of halogens is 2. The standard InChI is InChI=1S/C27H20F2N8O/c28-19-4-2-1-3-16(19)17-7-8-31-25-22(17)34-26(35-25)23-20-21(29)18(12-32-24(20)37-36-23)14-9-15(11-30-10-14)33-27(38)13-5-6-13/h1-4,7-13,27,33,38H,5-6H2,(H,31,34,35)(H,32,36,37). The summed E-state index contributed by atoms with van der Waals surface area (Å²) in [4.78, 5) is 20.6. The van der Waals surface area contributed by atoms with Crippen LogP contribution in [0.2, 0.25) is 0 Å². The zero-order valence-electron chi connectivity index (χ0n) is 19.8. The third kappa shape index (κ3) is 3.75. The molecule has 1 atom stereocenters. The molecule has 0 bridgehead atoms. The first kappa shape index (κ1) is 22.4. The Morgan fingerprint density at radius 3 is 2.68 bits per heavy atom. The third-order valence-corrected chi connectivity index (χ3v) is 6.73. The van der Waals surface area contributed by atoms with E-state index in [0.717, 1.165) is 12.8 Å². The van der Waals surface area contributed by atoms with Crippen LogP contribution in [-0.2, 0) is 0 Å². The van der Waals surface area contributed by atoms with Crippen LogP contribution in [0.5, 0.6) is 0 Å². The van der Waals surface area contributed by atoms with Crippen LogP contribution >= 0.6 is 0 Å². The number of H-pyrrole nitrogens is 2. The second-order valence-corrected chi connectivity index (χ2v) is 9.29. The molecular formula is C27H20F2N8O. The van der Waals surface area contributed by atoms with Crippen LogP contribution in [0.15, 0.2) is 61.2 Å². The quantitative estimate of drug-likeness (QED) is 0.231. The molecule has 0 radical (unpaired) electrons. The molecule has 1 fully saturated rings. The van der Waals surface area contributed by atoms with Gasteiger partial charge in [-0.25, -0.2) is 23.7 Å². The largest absolute Gasteiger partial charge is 0.374 e.